The number of nitrogens with zero attached hydrogens (tertiary/aromatic N) is 2. The molecule has 2 heterocycles. The fourth-order valence-electron chi connectivity index (χ4n) is 4.08. The summed E-state index contributed by atoms with van der Waals surface area (Å²) in [5.41, 5.74) is 1.92. The molecule has 4 rings (SSSR count). The van der Waals surface area contributed by atoms with Crippen LogP contribution in [0, 0.1) is 11.3 Å². The standard InChI is InChI=1S/C23H27N3O3S/c1-23(2,3)14-5-10-17-18(11-14)30-21-20(17)22(28)26(13-24-21)12-19(27)25-15-6-8-16(29-4)9-7-15/h6-9,13-14H,5,10-12H2,1-4H3,(H,25,27)/t14-/m0/s1. The van der Waals surface area contributed by atoms with Crippen molar-refractivity contribution in [3.05, 3.63) is 51.4 Å². The van der Waals surface area contributed by atoms with Crippen molar-refractivity contribution in [1.82, 2.24) is 9.55 Å². The van der Waals surface area contributed by atoms with E-state index >= 15 is 0 Å². The van der Waals surface area contributed by atoms with E-state index in [0.717, 1.165) is 35.4 Å². The first-order valence-electron chi connectivity index (χ1n) is 10.2. The molecule has 3 aromatic rings. The van der Waals surface area contributed by atoms with Crippen LogP contribution in [0.25, 0.3) is 10.2 Å². The molecular weight excluding hydrogens is 398 g/mol. The zero-order valence-corrected chi connectivity index (χ0v) is 18.6. The Labute approximate surface area is 179 Å². The van der Waals surface area contributed by atoms with Gasteiger partial charge < -0.3 is 10.1 Å². The summed E-state index contributed by atoms with van der Waals surface area (Å²) < 4.78 is 6.53. The Morgan fingerprint density at radius 2 is 2.03 bits per heavy atom. The second-order valence-corrected chi connectivity index (χ2v) is 10.0. The maximum Gasteiger partial charge on any atom is 0.262 e. The third kappa shape index (κ3) is 3.99. The van der Waals surface area contributed by atoms with E-state index in [4.69, 9.17) is 4.74 Å². The number of hydrogen-bond donors (Lipinski definition) is 1. The van der Waals surface area contributed by atoms with Crippen LogP contribution in [0.5, 0.6) is 5.75 Å². The summed E-state index contributed by atoms with van der Waals surface area (Å²) in [6, 6.07) is 7.08. The van der Waals surface area contributed by atoms with Gasteiger partial charge in [-0.2, -0.15) is 0 Å². The average molecular weight is 426 g/mol. The van der Waals surface area contributed by atoms with Gasteiger partial charge in [0.25, 0.3) is 5.56 Å². The van der Waals surface area contributed by atoms with Gasteiger partial charge in [-0.05, 0) is 60.4 Å². The Kier molecular flexibility index (Phi) is 5.40. The fraction of sp³-hybridized carbons (Fsp3) is 0.435. The summed E-state index contributed by atoms with van der Waals surface area (Å²) in [6.07, 6.45) is 4.46. The van der Waals surface area contributed by atoms with Crippen molar-refractivity contribution in [2.45, 2.75) is 46.6 Å². The van der Waals surface area contributed by atoms with Gasteiger partial charge in [0.15, 0.2) is 0 Å². The summed E-state index contributed by atoms with van der Waals surface area (Å²) in [5.74, 6) is 1.06. The van der Waals surface area contributed by atoms with Crippen LogP contribution in [-0.4, -0.2) is 22.6 Å². The Morgan fingerprint density at radius 1 is 1.30 bits per heavy atom. The van der Waals surface area contributed by atoms with Gasteiger partial charge in [0.2, 0.25) is 5.91 Å². The Bertz CT molecular complexity index is 1140. The summed E-state index contributed by atoms with van der Waals surface area (Å²) >= 11 is 1.63. The summed E-state index contributed by atoms with van der Waals surface area (Å²) in [5, 5.41) is 3.51. The number of carbonyl (C=O) groups is 1. The molecule has 1 aliphatic rings. The smallest absolute Gasteiger partial charge is 0.262 e. The number of aromatic nitrogens is 2. The van der Waals surface area contributed by atoms with Gasteiger partial charge in [-0.15, -0.1) is 11.3 Å². The predicted molar refractivity (Wildman–Crippen MR) is 120 cm³/mol. The molecule has 0 fully saturated rings. The molecule has 2 aromatic heterocycles. The number of hydrogen-bond acceptors (Lipinski definition) is 5. The lowest BCUT2D eigenvalue weighted by molar-refractivity contribution is -0.116. The molecule has 158 valence electrons. The van der Waals surface area contributed by atoms with Crippen LogP contribution in [0.3, 0.4) is 0 Å². The molecule has 0 bridgehead atoms. The number of carbonyl (C=O) groups excluding carboxylic acids is 1. The number of amides is 1. The van der Waals surface area contributed by atoms with Crippen molar-refractivity contribution in [2.24, 2.45) is 11.3 Å². The first kappa shape index (κ1) is 20.6. The SMILES string of the molecule is COc1ccc(NC(=O)Cn2cnc3sc4c(c3c2=O)CC[C@H](C(C)(C)C)C4)cc1. The third-order valence-electron chi connectivity index (χ3n) is 5.95. The minimum Gasteiger partial charge on any atom is -0.497 e. The fourth-order valence-corrected chi connectivity index (χ4v) is 5.34. The molecule has 1 N–H and O–H groups in total. The number of benzene rings is 1. The van der Waals surface area contributed by atoms with Crippen molar-refractivity contribution in [3.63, 3.8) is 0 Å². The second-order valence-electron chi connectivity index (χ2n) is 8.94. The van der Waals surface area contributed by atoms with E-state index in [1.54, 1.807) is 42.7 Å². The van der Waals surface area contributed by atoms with Gasteiger partial charge in [-0.3, -0.25) is 14.2 Å². The molecule has 0 spiro atoms. The number of ether oxygens (including phenoxy) is 1. The Hall–Kier alpha value is -2.67. The van der Waals surface area contributed by atoms with Crippen molar-refractivity contribution in [1.29, 1.82) is 0 Å². The number of aryl methyl sites for hydroxylation is 1. The number of rotatable bonds is 4. The van der Waals surface area contributed by atoms with Crippen molar-refractivity contribution in [2.75, 3.05) is 12.4 Å². The van der Waals surface area contributed by atoms with Crippen molar-refractivity contribution in [3.8, 4) is 5.75 Å². The van der Waals surface area contributed by atoms with Gasteiger partial charge in [-0.25, -0.2) is 4.98 Å². The summed E-state index contributed by atoms with van der Waals surface area (Å²) in [6.45, 7) is 6.77. The van der Waals surface area contributed by atoms with Crippen molar-refractivity contribution >= 4 is 33.1 Å². The molecule has 0 unspecified atom stereocenters. The monoisotopic (exact) mass is 425 g/mol. The van der Waals surface area contributed by atoms with E-state index in [-0.39, 0.29) is 23.4 Å². The minimum atomic E-state index is -0.264. The van der Waals surface area contributed by atoms with Gasteiger partial charge >= 0.3 is 0 Å². The summed E-state index contributed by atoms with van der Waals surface area (Å²) in [7, 11) is 1.59. The topological polar surface area (TPSA) is 73.2 Å². The van der Waals surface area contributed by atoms with E-state index in [0.29, 0.717) is 17.0 Å². The molecule has 0 saturated heterocycles. The van der Waals surface area contributed by atoms with Crippen LogP contribution in [0.15, 0.2) is 35.4 Å². The molecule has 1 atom stereocenters. The lowest BCUT2D eigenvalue weighted by Gasteiger charge is -2.33. The average Bonchev–Trinajstić information content (AvgIpc) is 3.08. The molecule has 30 heavy (non-hydrogen) atoms. The van der Waals surface area contributed by atoms with Gasteiger partial charge in [0, 0.05) is 10.6 Å². The van der Waals surface area contributed by atoms with Crippen LogP contribution in [-0.2, 0) is 24.2 Å². The first-order valence-corrected chi connectivity index (χ1v) is 11.0. The zero-order chi connectivity index (χ0) is 21.5. The maximum absolute atomic E-state index is 13.1. The highest BCUT2D eigenvalue weighted by molar-refractivity contribution is 7.18. The van der Waals surface area contributed by atoms with E-state index in [1.807, 2.05) is 0 Å². The number of nitrogens with one attached hydrogen (secondary N) is 1. The lowest BCUT2D eigenvalue weighted by Crippen LogP contribution is -2.29. The third-order valence-corrected chi connectivity index (χ3v) is 7.11. The summed E-state index contributed by atoms with van der Waals surface area (Å²) in [4.78, 5) is 32.2. The Morgan fingerprint density at radius 3 is 2.70 bits per heavy atom. The highest BCUT2D eigenvalue weighted by atomic mass is 32.1. The van der Waals surface area contributed by atoms with Crippen LogP contribution in [0.4, 0.5) is 5.69 Å². The molecule has 1 aromatic carbocycles. The largest absolute Gasteiger partial charge is 0.497 e. The second kappa shape index (κ2) is 7.87. The predicted octanol–water partition coefficient (Wildman–Crippen LogP) is 4.26. The number of anilines is 1. The number of thiophene rings is 1. The van der Waals surface area contributed by atoms with E-state index in [2.05, 4.69) is 31.1 Å². The van der Waals surface area contributed by atoms with Gasteiger partial charge in [-0.1, -0.05) is 20.8 Å². The molecule has 6 nitrogen and oxygen atoms in total. The van der Waals surface area contributed by atoms with Gasteiger partial charge in [0.05, 0.1) is 18.8 Å². The van der Waals surface area contributed by atoms with Crippen LogP contribution < -0.4 is 15.6 Å². The molecule has 0 aliphatic heterocycles. The highest BCUT2D eigenvalue weighted by Crippen LogP contribution is 2.41. The molecule has 1 aliphatic carbocycles. The highest BCUT2D eigenvalue weighted by Gasteiger charge is 2.31. The van der Waals surface area contributed by atoms with E-state index in [9.17, 15) is 9.59 Å². The maximum atomic E-state index is 13.1. The normalized spacial score (nSPS) is 16.3. The van der Waals surface area contributed by atoms with Crippen LogP contribution in [0.1, 0.15) is 37.6 Å². The van der Waals surface area contributed by atoms with Crippen LogP contribution >= 0.6 is 11.3 Å². The molecule has 0 saturated carbocycles. The van der Waals surface area contributed by atoms with Gasteiger partial charge in [0.1, 0.15) is 17.1 Å². The lowest BCUT2D eigenvalue weighted by atomic mass is 9.72. The quantitative estimate of drug-likeness (QED) is 0.678. The molecule has 7 heteroatoms. The molecular formula is C23H27N3O3S. The van der Waals surface area contributed by atoms with Crippen molar-refractivity contribution < 1.29 is 9.53 Å². The minimum absolute atomic E-state index is 0.0664. The number of methoxy groups -OCH3 is 1. The Balaban J connectivity index is 1.56. The zero-order valence-electron chi connectivity index (χ0n) is 17.8. The molecule has 0 radical (unpaired) electrons. The number of fused-ring (bicyclic) bond motifs is 3. The molecule has 1 amide bonds. The first-order chi connectivity index (χ1) is 14.3. The van der Waals surface area contributed by atoms with E-state index < -0.39 is 0 Å². The van der Waals surface area contributed by atoms with Crippen LogP contribution in [0.2, 0.25) is 0 Å². The van der Waals surface area contributed by atoms with E-state index in [1.165, 1.54) is 15.8 Å².